The smallest absolute Gasteiger partial charge is 0.224 e. The molecule has 1 aromatic heterocycles. The molecule has 1 saturated heterocycles. The van der Waals surface area contributed by atoms with Gasteiger partial charge in [0.1, 0.15) is 11.6 Å². The molecule has 0 radical (unpaired) electrons. The molecule has 0 aliphatic carbocycles. The summed E-state index contributed by atoms with van der Waals surface area (Å²) < 4.78 is 18.6. The summed E-state index contributed by atoms with van der Waals surface area (Å²) in [5.41, 5.74) is 3.09. The molecule has 5 nitrogen and oxygen atoms in total. The third kappa shape index (κ3) is 7.19. The number of rotatable bonds is 10. The van der Waals surface area contributed by atoms with Gasteiger partial charge in [0.15, 0.2) is 0 Å². The van der Waals surface area contributed by atoms with Crippen LogP contribution in [0.4, 0.5) is 10.1 Å². The van der Waals surface area contributed by atoms with E-state index in [9.17, 15) is 9.18 Å². The summed E-state index contributed by atoms with van der Waals surface area (Å²) in [6.45, 7) is 3.50. The molecule has 3 aromatic rings. The molecular formula is C27H32FN3O2. The van der Waals surface area contributed by atoms with E-state index in [1.165, 1.54) is 17.8 Å². The third-order valence-electron chi connectivity index (χ3n) is 6.17. The van der Waals surface area contributed by atoms with Gasteiger partial charge in [-0.1, -0.05) is 24.3 Å². The molecule has 1 fully saturated rings. The van der Waals surface area contributed by atoms with E-state index in [1.54, 1.807) is 12.3 Å². The number of furan rings is 1. The fourth-order valence-corrected chi connectivity index (χ4v) is 4.31. The van der Waals surface area contributed by atoms with Crippen molar-refractivity contribution in [2.24, 2.45) is 0 Å². The van der Waals surface area contributed by atoms with Gasteiger partial charge < -0.3 is 20.0 Å². The normalized spacial score (nSPS) is 14.4. The zero-order valence-electron chi connectivity index (χ0n) is 18.9. The molecule has 0 saturated carbocycles. The molecule has 0 spiro atoms. The predicted molar refractivity (Wildman–Crippen MR) is 129 cm³/mol. The Kier molecular flexibility index (Phi) is 8.14. The second kappa shape index (κ2) is 11.7. The first-order chi connectivity index (χ1) is 16.2. The molecule has 2 aromatic carbocycles. The Hall–Kier alpha value is -3.12. The highest BCUT2D eigenvalue weighted by atomic mass is 19.1. The average molecular weight is 450 g/mol. The molecule has 4 rings (SSSR count). The van der Waals surface area contributed by atoms with Crippen molar-refractivity contribution in [3.05, 3.63) is 89.6 Å². The molecule has 2 N–H and O–H groups in total. The summed E-state index contributed by atoms with van der Waals surface area (Å²) in [6, 6.07) is 19.3. The zero-order chi connectivity index (χ0) is 22.9. The van der Waals surface area contributed by atoms with Crippen LogP contribution in [-0.4, -0.2) is 38.1 Å². The Morgan fingerprint density at radius 3 is 2.52 bits per heavy atom. The highest BCUT2D eigenvalue weighted by Gasteiger charge is 2.19. The molecule has 2 heterocycles. The van der Waals surface area contributed by atoms with Crippen LogP contribution in [0.5, 0.6) is 0 Å². The lowest BCUT2D eigenvalue weighted by atomic mass is 10.0. The van der Waals surface area contributed by atoms with Gasteiger partial charge in [-0.2, -0.15) is 0 Å². The number of piperidine rings is 1. The largest absolute Gasteiger partial charge is 0.469 e. The van der Waals surface area contributed by atoms with E-state index < -0.39 is 0 Å². The van der Waals surface area contributed by atoms with Crippen LogP contribution in [-0.2, 0) is 24.1 Å². The average Bonchev–Trinajstić information content (AvgIpc) is 3.34. The molecule has 174 valence electrons. The third-order valence-corrected chi connectivity index (χ3v) is 6.17. The molecule has 33 heavy (non-hydrogen) atoms. The number of carbonyl (C=O) groups excluding carboxylic acids is 1. The summed E-state index contributed by atoms with van der Waals surface area (Å²) in [4.78, 5) is 14.7. The number of hydrogen-bond acceptors (Lipinski definition) is 4. The van der Waals surface area contributed by atoms with Crippen molar-refractivity contribution >= 4 is 11.6 Å². The first-order valence-electron chi connectivity index (χ1n) is 11.8. The van der Waals surface area contributed by atoms with Gasteiger partial charge in [-0.25, -0.2) is 4.39 Å². The number of amides is 1. The number of anilines is 1. The SMILES string of the molecule is O=C(Cc1ccc(N2CCC(NCCc3ccco3)CC2)cc1)NCCc1cccc(F)c1. The lowest BCUT2D eigenvalue weighted by Crippen LogP contribution is -2.43. The molecule has 0 atom stereocenters. The van der Waals surface area contributed by atoms with E-state index >= 15 is 0 Å². The fourth-order valence-electron chi connectivity index (χ4n) is 4.31. The van der Waals surface area contributed by atoms with Crippen molar-refractivity contribution in [2.75, 3.05) is 31.1 Å². The highest BCUT2D eigenvalue weighted by molar-refractivity contribution is 5.78. The standard InChI is InChI=1S/C27H32FN3O2/c28-23-4-1-3-21(19-23)10-14-30-27(32)20-22-6-8-25(9-7-22)31-16-12-24(13-17-31)29-15-11-26-5-2-18-33-26/h1-9,18-19,24,29H,10-17,20H2,(H,30,32). The maximum Gasteiger partial charge on any atom is 0.224 e. The van der Waals surface area contributed by atoms with Crippen molar-refractivity contribution in [1.82, 2.24) is 10.6 Å². The zero-order valence-corrected chi connectivity index (χ0v) is 18.9. The van der Waals surface area contributed by atoms with E-state index in [0.29, 0.717) is 25.4 Å². The van der Waals surface area contributed by atoms with Crippen LogP contribution in [0.3, 0.4) is 0 Å². The summed E-state index contributed by atoms with van der Waals surface area (Å²) in [5, 5.41) is 6.57. The minimum atomic E-state index is -0.246. The summed E-state index contributed by atoms with van der Waals surface area (Å²) in [6.07, 6.45) is 5.86. The number of carbonyl (C=O) groups is 1. The summed E-state index contributed by atoms with van der Waals surface area (Å²) in [5.74, 6) is 0.769. The van der Waals surface area contributed by atoms with Crippen LogP contribution in [0.15, 0.2) is 71.3 Å². The number of halogens is 1. The number of nitrogens with zero attached hydrogens (tertiary/aromatic N) is 1. The Morgan fingerprint density at radius 1 is 0.970 bits per heavy atom. The summed E-state index contributed by atoms with van der Waals surface area (Å²) in [7, 11) is 0. The van der Waals surface area contributed by atoms with Gasteiger partial charge in [0.25, 0.3) is 0 Å². The van der Waals surface area contributed by atoms with Gasteiger partial charge in [0.2, 0.25) is 5.91 Å². The van der Waals surface area contributed by atoms with Crippen LogP contribution in [0.2, 0.25) is 0 Å². The van der Waals surface area contributed by atoms with Crippen LogP contribution in [0, 0.1) is 5.82 Å². The maximum atomic E-state index is 13.2. The molecule has 0 bridgehead atoms. The van der Waals surface area contributed by atoms with Gasteiger partial charge in [0, 0.05) is 44.3 Å². The Bertz CT molecular complexity index is 996. The van der Waals surface area contributed by atoms with Crippen molar-refractivity contribution in [3.63, 3.8) is 0 Å². The van der Waals surface area contributed by atoms with E-state index in [0.717, 1.165) is 55.8 Å². The van der Waals surface area contributed by atoms with Gasteiger partial charge >= 0.3 is 0 Å². The van der Waals surface area contributed by atoms with Gasteiger partial charge in [-0.15, -0.1) is 0 Å². The second-order valence-corrected chi connectivity index (χ2v) is 8.62. The predicted octanol–water partition coefficient (Wildman–Crippen LogP) is 4.12. The monoisotopic (exact) mass is 449 g/mol. The topological polar surface area (TPSA) is 57.5 Å². The van der Waals surface area contributed by atoms with E-state index in [2.05, 4.69) is 27.7 Å². The van der Waals surface area contributed by atoms with Crippen molar-refractivity contribution in [2.45, 2.75) is 38.1 Å². The van der Waals surface area contributed by atoms with Crippen LogP contribution in [0.1, 0.15) is 29.7 Å². The number of nitrogens with one attached hydrogen (secondary N) is 2. The van der Waals surface area contributed by atoms with E-state index in [4.69, 9.17) is 4.42 Å². The first-order valence-corrected chi connectivity index (χ1v) is 11.8. The lowest BCUT2D eigenvalue weighted by Gasteiger charge is -2.34. The highest BCUT2D eigenvalue weighted by Crippen LogP contribution is 2.21. The minimum Gasteiger partial charge on any atom is -0.469 e. The quantitative estimate of drug-likeness (QED) is 0.489. The van der Waals surface area contributed by atoms with Crippen molar-refractivity contribution in [1.29, 1.82) is 0 Å². The molecule has 0 unspecified atom stereocenters. The van der Waals surface area contributed by atoms with Crippen molar-refractivity contribution < 1.29 is 13.6 Å². The Morgan fingerprint density at radius 2 is 1.79 bits per heavy atom. The molecule has 1 aliphatic heterocycles. The first kappa shape index (κ1) is 23.1. The fraction of sp³-hybridized carbons (Fsp3) is 0.370. The van der Waals surface area contributed by atoms with Crippen molar-refractivity contribution in [3.8, 4) is 0 Å². The summed E-state index contributed by atoms with van der Waals surface area (Å²) >= 11 is 0. The number of hydrogen-bond donors (Lipinski definition) is 2. The van der Waals surface area contributed by atoms with Gasteiger partial charge in [0.05, 0.1) is 12.7 Å². The van der Waals surface area contributed by atoms with Crippen LogP contribution < -0.4 is 15.5 Å². The molecule has 6 heteroatoms. The molecular weight excluding hydrogens is 417 g/mol. The van der Waals surface area contributed by atoms with Gasteiger partial charge in [-0.3, -0.25) is 4.79 Å². The molecule has 1 amide bonds. The Labute approximate surface area is 195 Å². The lowest BCUT2D eigenvalue weighted by molar-refractivity contribution is -0.120. The van der Waals surface area contributed by atoms with E-state index in [-0.39, 0.29) is 11.7 Å². The Balaban J connectivity index is 1.15. The van der Waals surface area contributed by atoms with E-state index in [1.807, 2.05) is 30.3 Å². The number of benzene rings is 2. The molecule has 1 aliphatic rings. The van der Waals surface area contributed by atoms with Crippen LogP contribution >= 0.6 is 0 Å². The maximum absolute atomic E-state index is 13.2. The second-order valence-electron chi connectivity index (χ2n) is 8.62. The minimum absolute atomic E-state index is 0.0133. The van der Waals surface area contributed by atoms with Gasteiger partial charge in [-0.05, 0) is 66.8 Å². The van der Waals surface area contributed by atoms with Crippen LogP contribution in [0.25, 0.3) is 0 Å².